The second kappa shape index (κ2) is 9.09. The molecule has 0 radical (unpaired) electrons. The van der Waals surface area contributed by atoms with Crippen LogP contribution in [0.5, 0.6) is 11.5 Å². The maximum Gasteiger partial charge on any atom is 0.338 e. The van der Waals surface area contributed by atoms with Crippen LogP contribution in [0, 0.1) is 0 Å². The molecule has 140 valence electrons. The van der Waals surface area contributed by atoms with Gasteiger partial charge in [-0.05, 0) is 36.4 Å². The van der Waals surface area contributed by atoms with Gasteiger partial charge in [0.2, 0.25) is 0 Å². The molecule has 3 rings (SSSR count). The fourth-order valence-electron chi connectivity index (χ4n) is 2.40. The number of fused-ring (bicyclic) bond motifs is 1. The van der Waals surface area contributed by atoms with Crippen molar-refractivity contribution in [3.05, 3.63) is 64.7 Å². The Hall–Kier alpha value is -2.99. The van der Waals surface area contributed by atoms with E-state index in [4.69, 9.17) is 25.8 Å². The number of esters is 1. The number of carbonyl (C=O) groups is 2. The predicted molar refractivity (Wildman–Crippen MR) is 101 cm³/mol. The summed E-state index contributed by atoms with van der Waals surface area (Å²) in [6, 6.07) is 14.3. The lowest BCUT2D eigenvalue weighted by Gasteiger charge is -2.16. The van der Waals surface area contributed by atoms with E-state index in [0.29, 0.717) is 22.1 Å². The van der Waals surface area contributed by atoms with E-state index in [9.17, 15) is 9.59 Å². The summed E-state index contributed by atoms with van der Waals surface area (Å²) in [5.41, 5.74) is 1.17. The number of rotatable bonds is 7. The largest absolute Gasteiger partial charge is 0.492 e. The van der Waals surface area contributed by atoms with Gasteiger partial charge in [-0.25, -0.2) is 4.79 Å². The molecule has 2 aromatic rings. The van der Waals surface area contributed by atoms with Crippen LogP contribution >= 0.6 is 11.6 Å². The Morgan fingerprint density at radius 3 is 2.70 bits per heavy atom. The molecule has 7 heteroatoms. The molecule has 0 bridgehead atoms. The third-order valence-corrected chi connectivity index (χ3v) is 3.99. The molecule has 2 aromatic carbocycles. The molecule has 1 amide bonds. The number of para-hydroxylation sites is 1. The van der Waals surface area contributed by atoms with Gasteiger partial charge in [0.25, 0.3) is 5.91 Å². The third-order valence-electron chi connectivity index (χ3n) is 3.74. The first-order valence-electron chi connectivity index (χ1n) is 8.36. The SMILES string of the molecule is O=C(COC(=O)C1=Cc2ccccc2OC1)NCCOc1ccc(Cl)cc1. The first kappa shape index (κ1) is 18.8. The van der Waals surface area contributed by atoms with E-state index < -0.39 is 11.9 Å². The molecular formula is C20H18ClNO5. The Balaban J connectivity index is 1.37. The number of amides is 1. The normalized spacial score (nSPS) is 12.3. The molecule has 0 spiro atoms. The zero-order valence-corrected chi connectivity index (χ0v) is 15.2. The zero-order chi connectivity index (χ0) is 19.1. The summed E-state index contributed by atoms with van der Waals surface area (Å²) in [5.74, 6) is 0.398. The summed E-state index contributed by atoms with van der Waals surface area (Å²) in [7, 11) is 0. The van der Waals surface area contributed by atoms with Crippen LogP contribution in [-0.2, 0) is 14.3 Å². The Bertz CT molecular complexity index is 848. The van der Waals surface area contributed by atoms with E-state index in [0.717, 1.165) is 5.56 Å². The Morgan fingerprint density at radius 1 is 1.11 bits per heavy atom. The maximum absolute atomic E-state index is 12.1. The Kier molecular flexibility index (Phi) is 6.33. The van der Waals surface area contributed by atoms with E-state index in [-0.39, 0.29) is 26.4 Å². The molecule has 1 heterocycles. The van der Waals surface area contributed by atoms with E-state index >= 15 is 0 Å². The number of halogens is 1. The fourth-order valence-corrected chi connectivity index (χ4v) is 2.52. The zero-order valence-electron chi connectivity index (χ0n) is 14.4. The number of hydrogen-bond acceptors (Lipinski definition) is 5. The van der Waals surface area contributed by atoms with Crippen molar-refractivity contribution in [3.63, 3.8) is 0 Å². The number of ether oxygens (including phenoxy) is 3. The summed E-state index contributed by atoms with van der Waals surface area (Å²) >= 11 is 5.79. The Morgan fingerprint density at radius 2 is 1.89 bits per heavy atom. The van der Waals surface area contributed by atoms with Crippen LogP contribution < -0.4 is 14.8 Å². The first-order chi connectivity index (χ1) is 13.1. The van der Waals surface area contributed by atoms with Gasteiger partial charge >= 0.3 is 5.97 Å². The second-order valence-electron chi connectivity index (χ2n) is 5.72. The van der Waals surface area contributed by atoms with Crippen molar-refractivity contribution < 1.29 is 23.8 Å². The van der Waals surface area contributed by atoms with E-state index in [1.54, 1.807) is 30.3 Å². The van der Waals surface area contributed by atoms with Crippen LogP contribution in [0.15, 0.2) is 54.1 Å². The minimum absolute atomic E-state index is 0.117. The van der Waals surface area contributed by atoms with Gasteiger partial charge in [-0.3, -0.25) is 4.79 Å². The standard InChI is InChI=1S/C20H18ClNO5/c21-16-5-7-17(8-6-16)25-10-9-22-19(23)13-27-20(24)15-11-14-3-1-2-4-18(14)26-12-15/h1-8,11H,9-10,12-13H2,(H,22,23). The highest BCUT2D eigenvalue weighted by Crippen LogP contribution is 2.26. The predicted octanol–water partition coefficient (Wildman–Crippen LogP) is 2.85. The van der Waals surface area contributed by atoms with Gasteiger partial charge in [0.1, 0.15) is 24.7 Å². The highest BCUT2D eigenvalue weighted by Gasteiger charge is 2.19. The van der Waals surface area contributed by atoms with Crippen molar-refractivity contribution >= 4 is 29.6 Å². The molecular weight excluding hydrogens is 370 g/mol. The molecule has 6 nitrogen and oxygen atoms in total. The van der Waals surface area contributed by atoms with E-state index in [1.165, 1.54) is 0 Å². The monoisotopic (exact) mass is 387 g/mol. The summed E-state index contributed by atoms with van der Waals surface area (Å²) < 4.78 is 16.0. The van der Waals surface area contributed by atoms with Gasteiger partial charge in [0.15, 0.2) is 6.61 Å². The van der Waals surface area contributed by atoms with Crippen LogP contribution in [-0.4, -0.2) is 38.2 Å². The van der Waals surface area contributed by atoms with E-state index in [2.05, 4.69) is 5.32 Å². The van der Waals surface area contributed by atoms with E-state index in [1.807, 2.05) is 24.3 Å². The number of benzene rings is 2. The molecule has 1 N–H and O–H groups in total. The van der Waals surface area contributed by atoms with Crippen LogP contribution in [0.3, 0.4) is 0 Å². The molecule has 1 aliphatic rings. The van der Waals surface area contributed by atoms with Crippen molar-refractivity contribution in [2.24, 2.45) is 0 Å². The van der Waals surface area contributed by atoms with Gasteiger partial charge < -0.3 is 19.5 Å². The summed E-state index contributed by atoms with van der Waals surface area (Å²) in [6.07, 6.45) is 1.71. The topological polar surface area (TPSA) is 73.9 Å². The lowest BCUT2D eigenvalue weighted by atomic mass is 10.1. The van der Waals surface area contributed by atoms with Crippen molar-refractivity contribution in [2.45, 2.75) is 0 Å². The van der Waals surface area contributed by atoms with Gasteiger partial charge in [-0.2, -0.15) is 0 Å². The second-order valence-corrected chi connectivity index (χ2v) is 6.16. The molecule has 27 heavy (non-hydrogen) atoms. The minimum Gasteiger partial charge on any atom is -0.492 e. The highest BCUT2D eigenvalue weighted by molar-refractivity contribution is 6.30. The molecule has 0 atom stereocenters. The van der Waals surface area contributed by atoms with Crippen molar-refractivity contribution in [1.82, 2.24) is 5.32 Å². The summed E-state index contributed by atoms with van der Waals surface area (Å²) in [4.78, 5) is 23.8. The molecule has 0 unspecified atom stereocenters. The fraction of sp³-hybridized carbons (Fsp3) is 0.200. The quantitative estimate of drug-likeness (QED) is 0.584. The van der Waals surface area contributed by atoms with Crippen LogP contribution in [0.25, 0.3) is 6.08 Å². The van der Waals surface area contributed by atoms with Gasteiger partial charge in [0.05, 0.1) is 12.1 Å². The molecule has 0 saturated heterocycles. The molecule has 0 aromatic heterocycles. The van der Waals surface area contributed by atoms with Gasteiger partial charge in [-0.1, -0.05) is 29.8 Å². The number of nitrogens with one attached hydrogen (secondary N) is 1. The highest BCUT2D eigenvalue weighted by atomic mass is 35.5. The lowest BCUT2D eigenvalue weighted by Crippen LogP contribution is -2.32. The van der Waals surface area contributed by atoms with Gasteiger partial charge in [0, 0.05) is 10.6 Å². The van der Waals surface area contributed by atoms with Gasteiger partial charge in [-0.15, -0.1) is 0 Å². The van der Waals surface area contributed by atoms with Crippen molar-refractivity contribution in [1.29, 1.82) is 0 Å². The minimum atomic E-state index is -0.572. The summed E-state index contributed by atoms with van der Waals surface area (Å²) in [6.45, 7) is 0.334. The van der Waals surface area contributed by atoms with Crippen molar-refractivity contribution in [2.75, 3.05) is 26.4 Å². The molecule has 1 aliphatic heterocycles. The van der Waals surface area contributed by atoms with Crippen LogP contribution in [0.2, 0.25) is 5.02 Å². The molecule has 0 aliphatic carbocycles. The van der Waals surface area contributed by atoms with Crippen LogP contribution in [0.1, 0.15) is 5.56 Å². The smallest absolute Gasteiger partial charge is 0.338 e. The van der Waals surface area contributed by atoms with Crippen LogP contribution in [0.4, 0.5) is 0 Å². The maximum atomic E-state index is 12.1. The number of carbonyl (C=O) groups excluding carboxylic acids is 2. The lowest BCUT2D eigenvalue weighted by molar-refractivity contribution is -0.145. The Labute approximate surface area is 161 Å². The number of hydrogen-bond donors (Lipinski definition) is 1. The van der Waals surface area contributed by atoms with Crippen molar-refractivity contribution in [3.8, 4) is 11.5 Å². The average Bonchev–Trinajstić information content (AvgIpc) is 2.70. The third kappa shape index (κ3) is 5.49. The average molecular weight is 388 g/mol. The first-order valence-corrected chi connectivity index (χ1v) is 8.74. The summed E-state index contributed by atoms with van der Waals surface area (Å²) in [5, 5.41) is 3.24. The molecule has 0 fully saturated rings. The molecule has 0 saturated carbocycles.